The van der Waals surface area contributed by atoms with E-state index in [0.29, 0.717) is 24.2 Å². The van der Waals surface area contributed by atoms with Gasteiger partial charge in [-0.15, -0.1) is 0 Å². The number of nitrogens with zero attached hydrogens (tertiary/aromatic N) is 3. The molecule has 8 heteroatoms. The van der Waals surface area contributed by atoms with Crippen LogP contribution in [-0.2, 0) is 7.05 Å². The largest absolute Gasteiger partial charge is 0.365 e. The zero-order chi connectivity index (χ0) is 19.0. The Morgan fingerprint density at radius 3 is 2.93 bits per heavy atom. The van der Waals surface area contributed by atoms with Crippen molar-refractivity contribution in [1.29, 1.82) is 0 Å². The van der Waals surface area contributed by atoms with Gasteiger partial charge in [0, 0.05) is 48.6 Å². The number of benzene rings is 1. The van der Waals surface area contributed by atoms with E-state index in [9.17, 15) is 4.79 Å². The predicted octanol–water partition coefficient (Wildman–Crippen LogP) is 1.96. The highest BCUT2D eigenvalue weighted by molar-refractivity contribution is 6.00. The van der Waals surface area contributed by atoms with Crippen LogP contribution in [-0.4, -0.2) is 33.0 Å². The summed E-state index contributed by atoms with van der Waals surface area (Å²) in [6.45, 7) is 0.592. The van der Waals surface area contributed by atoms with Crippen molar-refractivity contribution in [3.8, 4) is 0 Å². The van der Waals surface area contributed by atoms with Gasteiger partial charge in [0.2, 0.25) is 5.95 Å². The number of carbonyl (C=O) groups excluding carboxylic acids is 1. The Balaban J connectivity index is 1.62. The maximum atomic E-state index is 11.8. The van der Waals surface area contributed by atoms with Crippen molar-refractivity contribution in [2.75, 3.05) is 17.2 Å². The van der Waals surface area contributed by atoms with E-state index < -0.39 is 5.91 Å². The maximum absolute atomic E-state index is 11.8. The minimum absolute atomic E-state index is 0.0823. The standard InChI is InChI=1S/C19H23N7O/c1-26-8-7-12-15(3-2-4-16(12)26)24-18-13(17(21)27)9-22-19(25-18)23-10-14(20)11-5-6-11/h2-4,7-9,11,14H,5-6,10,20H2,1H3,(H2,21,27)(H2,22,23,24,25)/t14-/m1/s1. The van der Waals surface area contributed by atoms with E-state index in [0.717, 1.165) is 16.6 Å². The van der Waals surface area contributed by atoms with Gasteiger partial charge in [-0.2, -0.15) is 4.98 Å². The van der Waals surface area contributed by atoms with Crippen LogP contribution in [0.2, 0.25) is 0 Å². The summed E-state index contributed by atoms with van der Waals surface area (Å²) in [7, 11) is 1.98. The smallest absolute Gasteiger partial charge is 0.254 e. The maximum Gasteiger partial charge on any atom is 0.254 e. The van der Waals surface area contributed by atoms with E-state index in [4.69, 9.17) is 11.5 Å². The number of primary amides is 1. The topological polar surface area (TPSA) is 124 Å². The van der Waals surface area contributed by atoms with Crippen molar-refractivity contribution < 1.29 is 4.79 Å². The van der Waals surface area contributed by atoms with Crippen LogP contribution in [0.4, 0.5) is 17.5 Å². The number of anilines is 3. The summed E-state index contributed by atoms with van der Waals surface area (Å²) in [5.74, 6) is 0.782. The molecule has 0 radical (unpaired) electrons. The van der Waals surface area contributed by atoms with Crippen molar-refractivity contribution in [2.24, 2.45) is 24.4 Å². The summed E-state index contributed by atoms with van der Waals surface area (Å²) >= 11 is 0. The Bertz CT molecular complexity index is 993. The molecule has 1 atom stereocenters. The molecule has 0 bridgehead atoms. The van der Waals surface area contributed by atoms with E-state index in [1.807, 2.05) is 42.1 Å². The third kappa shape index (κ3) is 3.56. The highest BCUT2D eigenvalue weighted by atomic mass is 16.1. The lowest BCUT2D eigenvalue weighted by atomic mass is 10.2. The van der Waals surface area contributed by atoms with E-state index in [-0.39, 0.29) is 11.6 Å². The van der Waals surface area contributed by atoms with E-state index in [1.165, 1.54) is 19.0 Å². The normalized spacial score (nSPS) is 14.9. The first-order valence-corrected chi connectivity index (χ1v) is 9.00. The van der Waals surface area contributed by atoms with Crippen LogP contribution < -0.4 is 22.1 Å². The number of nitrogens with two attached hydrogens (primary N) is 2. The fourth-order valence-corrected chi connectivity index (χ4v) is 3.18. The van der Waals surface area contributed by atoms with Crippen LogP contribution in [0.25, 0.3) is 10.9 Å². The molecule has 1 saturated carbocycles. The van der Waals surface area contributed by atoms with Crippen molar-refractivity contribution in [3.05, 3.63) is 42.2 Å². The molecule has 140 valence electrons. The van der Waals surface area contributed by atoms with Crippen LogP contribution >= 0.6 is 0 Å². The quantitative estimate of drug-likeness (QED) is 0.507. The van der Waals surface area contributed by atoms with Gasteiger partial charge in [-0.1, -0.05) is 6.07 Å². The average molecular weight is 365 g/mol. The van der Waals surface area contributed by atoms with Crippen molar-refractivity contribution in [1.82, 2.24) is 14.5 Å². The number of aryl methyl sites for hydroxylation is 1. The fraction of sp³-hybridized carbons (Fsp3) is 0.316. The zero-order valence-corrected chi connectivity index (χ0v) is 15.1. The van der Waals surface area contributed by atoms with Gasteiger partial charge in [0.25, 0.3) is 5.91 Å². The number of hydrogen-bond donors (Lipinski definition) is 4. The average Bonchev–Trinajstić information content (AvgIpc) is 3.44. The second kappa shape index (κ2) is 6.88. The molecule has 27 heavy (non-hydrogen) atoms. The van der Waals surface area contributed by atoms with Gasteiger partial charge in [-0.3, -0.25) is 4.79 Å². The van der Waals surface area contributed by atoms with E-state index in [2.05, 4.69) is 20.6 Å². The van der Waals surface area contributed by atoms with E-state index in [1.54, 1.807) is 0 Å². The summed E-state index contributed by atoms with van der Waals surface area (Å²) in [6.07, 6.45) is 5.78. The van der Waals surface area contributed by atoms with Gasteiger partial charge in [0.05, 0.1) is 0 Å². The van der Waals surface area contributed by atoms with Crippen molar-refractivity contribution >= 4 is 34.3 Å². The molecule has 8 nitrogen and oxygen atoms in total. The molecule has 2 aromatic heterocycles. The lowest BCUT2D eigenvalue weighted by Crippen LogP contribution is -2.31. The molecule has 6 N–H and O–H groups in total. The minimum atomic E-state index is -0.584. The summed E-state index contributed by atoms with van der Waals surface area (Å²) in [4.78, 5) is 20.5. The van der Waals surface area contributed by atoms with Gasteiger partial charge in [-0.25, -0.2) is 4.98 Å². The third-order valence-corrected chi connectivity index (χ3v) is 4.96. The molecule has 0 unspecified atom stereocenters. The highest BCUT2D eigenvalue weighted by Crippen LogP contribution is 2.31. The zero-order valence-electron chi connectivity index (χ0n) is 15.1. The molecule has 3 aromatic rings. The molecule has 4 rings (SSSR count). The Hall–Kier alpha value is -3.13. The summed E-state index contributed by atoms with van der Waals surface area (Å²) in [5, 5.41) is 7.42. The van der Waals surface area contributed by atoms with Gasteiger partial charge in [0.15, 0.2) is 0 Å². The number of hydrogen-bond acceptors (Lipinski definition) is 6. The molecule has 1 aromatic carbocycles. The van der Waals surface area contributed by atoms with Crippen LogP contribution in [0.1, 0.15) is 23.2 Å². The van der Waals surface area contributed by atoms with Crippen molar-refractivity contribution in [3.63, 3.8) is 0 Å². The third-order valence-electron chi connectivity index (χ3n) is 4.96. The van der Waals surface area contributed by atoms with Crippen LogP contribution in [0.15, 0.2) is 36.7 Å². The summed E-state index contributed by atoms with van der Waals surface area (Å²) < 4.78 is 2.03. The molecule has 0 saturated heterocycles. The second-order valence-corrected chi connectivity index (χ2v) is 6.99. The van der Waals surface area contributed by atoms with Crippen LogP contribution in [0, 0.1) is 5.92 Å². The number of carbonyl (C=O) groups is 1. The Kier molecular flexibility index (Phi) is 4.41. The first-order chi connectivity index (χ1) is 13.0. The Labute approximate surface area is 157 Å². The lowest BCUT2D eigenvalue weighted by Gasteiger charge is -2.14. The monoisotopic (exact) mass is 365 g/mol. The number of nitrogens with one attached hydrogen (secondary N) is 2. The minimum Gasteiger partial charge on any atom is -0.365 e. The van der Waals surface area contributed by atoms with Gasteiger partial charge >= 0.3 is 0 Å². The van der Waals surface area contributed by atoms with Gasteiger partial charge in [0.1, 0.15) is 11.4 Å². The van der Waals surface area contributed by atoms with Crippen molar-refractivity contribution in [2.45, 2.75) is 18.9 Å². The van der Waals surface area contributed by atoms with Crippen LogP contribution in [0.3, 0.4) is 0 Å². The molecule has 1 fully saturated rings. The summed E-state index contributed by atoms with van der Waals surface area (Å²) in [6, 6.07) is 8.01. The molecule has 1 amide bonds. The fourth-order valence-electron chi connectivity index (χ4n) is 3.18. The molecule has 1 aliphatic rings. The summed E-state index contributed by atoms with van der Waals surface area (Å²) in [5.41, 5.74) is 13.8. The molecule has 0 spiro atoms. The Morgan fingerprint density at radius 1 is 1.37 bits per heavy atom. The molecule has 0 aliphatic heterocycles. The molecule has 1 aliphatic carbocycles. The van der Waals surface area contributed by atoms with Gasteiger partial charge < -0.3 is 26.7 Å². The molecular weight excluding hydrogens is 342 g/mol. The first-order valence-electron chi connectivity index (χ1n) is 9.00. The second-order valence-electron chi connectivity index (χ2n) is 6.99. The number of rotatable bonds is 7. The SMILES string of the molecule is Cn1ccc2c(Nc3nc(NC[C@@H](N)C4CC4)ncc3C(N)=O)cccc21. The molecular formula is C19H23N7O. The number of aromatic nitrogens is 3. The number of fused-ring (bicyclic) bond motifs is 1. The molecule has 2 heterocycles. The lowest BCUT2D eigenvalue weighted by molar-refractivity contribution is 0.100. The van der Waals surface area contributed by atoms with Gasteiger partial charge in [-0.05, 0) is 37.0 Å². The first kappa shape index (κ1) is 17.3. The van der Waals surface area contributed by atoms with E-state index >= 15 is 0 Å². The Morgan fingerprint density at radius 2 is 2.19 bits per heavy atom. The van der Waals surface area contributed by atoms with Crippen LogP contribution in [0.5, 0.6) is 0 Å². The number of amides is 1. The highest BCUT2D eigenvalue weighted by Gasteiger charge is 2.28. The predicted molar refractivity (Wildman–Crippen MR) is 106 cm³/mol.